The lowest BCUT2D eigenvalue weighted by atomic mass is 9.77. The monoisotopic (exact) mass is 298 g/mol. The van der Waals surface area contributed by atoms with Crippen LogP contribution in [-0.2, 0) is 5.54 Å². The van der Waals surface area contributed by atoms with Gasteiger partial charge in [-0.3, -0.25) is 0 Å². The SMILES string of the molecule is Cc1ccccc1N1[C@@H](C)c2sncc2C12CCCCC2. The van der Waals surface area contributed by atoms with Crippen molar-refractivity contribution in [1.82, 2.24) is 4.37 Å². The van der Waals surface area contributed by atoms with Gasteiger partial charge in [0.15, 0.2) is 0 Å². The van der Waals surface area contributed by atoms with Crippen LogP contribution in [0.4, 0.5) is 5.69 Å². The Morgan fingerprint density at radius 1 is 1.19 bits per heavy atom. The van der Waals surface area contributed by atoms with Gasteiger partial charge in [0.1, 0.15) is 0 Å². The van der Waals surface area contributed by atoms with Crippen molar-refractivity contribution >= 4 is 17.2 Å². The summed E-state index contributed by atoms with van der Waals surface area (Å²) in [4.78, 5) is 4.20. The molecule has 2 nitrogen and oxygen atoms in total. The highest BCUT2D eigenvalue weighted by Crippen LogP contribution is 2.56. The van der Waals surface area contributed by atoms with Crippen molar-refractivity contribution in [2.24, 2.45) is 0 Å². The van der Waals surface area contributed by atoms with E-state index >= 15 is 0 Å². The van der Waals surface area contributed by atoms with E-state index in [-0.39, 0.29) is 5.54 Å². The highest BCUT2D eigenvalue weighted by molar-refractivity contribution is 7.06. The standard InChI is InChI=1S/C18H22N2S/c1-13-8-4-5-9-16(13)20-14(2)17-15(12-19-21-17)18(20)10-6-3-7-11-18/h4-5,8-9,12,14H,3,6-7,10-11H2,1-2H3/t14-/m0/s1. The van der Waals surface area contributed by atoms with Gasteiger partial charge >= 0.3 is 0 Å². The fourth-order valence-electron chi connectivity index (χ4n) is 4.44. The number of para-hydroxylation sites is 1. The third kappa shape index (κ3) is 1.80. The van der Waals surface area contributed by atoms with Crippen molar-refractivity contribution < 1.29 is 0 Å². The predicted molar refractivity (Wildman–Crippen MR) is 89.0 cm³/mol. The molecule has 2 heterocycles. The molecule has 0 N–H and O–H groups in total. The van der Waals surface area contributed by atoms with E-state index < -0.39 is 0 Å². The Kier molecular flexibility index (Phi) is 3.07. The number of hydrogen-bond acceptors (Lipinski definition) is 3. The van der Waals surface area contributed by atoms with E-state index in [1.54, 1.807) is 11.5 Å². The summed E-state index contributed by atoms with van der Waals surface area (Å²) >= 11 is 1.70. The lowest BCUT2D eigenvalue weighted by molar-refractivity contribution is 0.283. The van der Waals surface area contributed by atoms with Gasteiger partial charge in [-0.05, 0) is 49.9 Å². The van der Waals surface area contributed by atoms with Gasteiger partial charge in [-0.15, -0.1) is 0 Å². The summed E-state index contributed by atoms with van der Waals surface area (Å²) in [6, 6.07) is 9.31. The molecule has 4 rings (SSSR count). The number of fused-ring (bicyclic) bond motifs is 2. The molecule has 0 bridgehead atoms. The van der Waals surface area contributed by atoms with Gasteiger partial charge in [-0.25, -0.2) is 4.37 Å². The molecule has 21 heavy (non-hydrogen) atoms. The Labute approximate surface area is 131 Å². The first-order valence-corrected chi connectivity index (χ1v) is 8.81. The fourth-order valence-corrected chi connectivity index (χ4v) is 5.31. The minimum Gasteiger partial charge on any atom is -0.354 e. The lowest BCUT2D eigenvalue weighted by Crippen LogP contribution is -2.44. The maximum Gasteiger partial charge on any atom is 0.0687 e. The summed E-state index contributed by atoms with van der Waals surface area (Å²) in [6.45, 7) is 4.59. The molecule has 0 saturated heterocycles. The number of aromatic nitrogens is 1. The first kappa shape index (κ1) is 13.3. The minimum atomic E-state index is 0.201. The topological polar surface area (TPSA) is 16.1 Å². The average Bonchev–Trinajstić information content (AvgIpc) is 3.06. The van der Waals surface area contributed by atoms with Crippen LogP contribution in [0.15, 0.2) is 30.5 Å². The molecule has 2 aliphatic rings. The van der Waals surface area contributed by atoms with Crippen LogP contribution in [0.1, 0.15) is 61.1 Å². The molecule has 1 aliphatic carbocycles. The van der Waals surface area contributed by atoms with Crippen LogP contribution < -0.4 is 4.90 Å². The van der Waals surface area contributed by atoms with E-state index in [1.807, 2.05) is 0 Å². The largest absolute Gasteiger partial charge is 0.354 e. The van der Waals surface area contributed by atoms with E-state index in [0.717, 1.165) is 0 Å². The molecule has 1 aromatic carbocycles. The van der Waals surface area contributed by atoms with Gasteiger partial charge in [0.25, 0.3) is 0 Å². The molecule has 1 spiro atoms. The summed E-state index contributed by atoms with van der Waals surface area (Å²) in [7, 11) is 0. The van der Waals surface area contributed by atoms with Crippen molar-refractivity contribution in [1.29, 1.82) is 0 Å². The maximum absolute atomic E-state index is 4.51. The van der Waals surface area contributed by atoms with E-state index in [1.165, 1.54) is 53.8 Å². The maximum atomic E-state index is 4.51. The lowest BCUT2D eigenvalue weighted by Gasteiger charge is -2.45. The minimum absolute atomic E-state index is 0.201. The quantitative estimate of drug-likeness (QED) is 0.720. The molecule has 0 unspecified atom stereocenters. The highest BCUT2D eigenvalue weighted by Gasteiger charge is 2.50. The number of rotatable bonds is 1. The fraction of sp³-hybridized carbons (Fsp3) is 0.500. The van der Waals surface area contributed by atoms with Crippen LogP contribution in [0.3, 0.4) is 0 Å². The Morgan fingerprint density at radius 2 is 1.95 bits per heavy atom. The zero-order chi connectivity index (χ0) is 14.4. The molecule has 1 fully saturated rings. The van der Waals surface area contributed by atoms with Gasteiger partial charge in [0.2, 0.25) is 0 Å². The van der Waals surface area contributed by atoms with Crippen molar-refractivity contribution in [2.45, 2.75) is 57.5 Å². The van der Waals surface area contributed by atoms with Crippen molar-refractivity contribution in [3.05, 3.63) is 46.5 Å². The highest BCUT2D eigenvalue weighted by atomic mass is 32.1. The molecule has 2 aromatic rings. The smallest absolute Gasteiger partial charge is 0.0687 e. The zero-order valence-corrected chi connectivity index (χ0v) is 13.6. The van der Waals surface area contributed by atoms with Crippen LogP contribution in [0, 0.1) is 6.92 Å². The van der Waals surface area contributed by atoms with Crippen molar-refractivity contribution in [3.63, 3.8) is 0 Å². The Balaban J connectivity index is 1.89. The van der Waals surface area contributed by atoms with Gasteiger partial charge in [-0.2, -0.15) is 0 Å². The number of aryl methyl sites for hydroxylation is 1. The predicted octanol–water partition coefficient (Wildman–Crippen LogP) is 5.19. The van der Waals surface area contributed by atoms with E-state index in [4.69, 9.17) is 0 Å². The second-order valence-electron chi connectivity index (χ2n) is 6.53. The first-order valence-electron chi connectivity index (χ1n) is 8.04. The van der Waals surface area contributed by atoms with Gasteiger partial charge in [-0.1, -0.05) is 37.5 Å². The summed E-state index contributed by atoms with van der Waals surface area (Å²) in [6.07, 6.45) is 8.76. The molecular weight excluding hydrogens is 276 g/mol. The zero-order valence-electron chi connectivity index (χ0n) is 12.8. The molecular formula is C18H22N2S. The summed E-state index contributed by atoms with van der Waals surface area (Å²) in [5, 5.41) is 0. The van der Waals surface area contributed by atoms with Crippen LogP contribution in [0.5, 0.6) is 0 Å². The number of benzene rings is 1. The molecule has 1 aromatic heterocycles. The molecule has 1 atom stereocenters. The Bertz CT molecular complexity index is 655. The van der Waals surface area contributed by atoms with Crippen LogP contribution in [-0.4, -0.2) is 4.37 Å². The summed E-state index contributed by atoms with van der Waals surface area (Å²) < 4.78 is 4.51. The second kappa shape index (κ2) is 4.84. The van der Waals surface area contributed by atoms with Gasteiger partial charge in [0, 0.05) is 17.4 Å². The summed E-state index contributed by atoms with van der Waals surface area (Å²) in [5.41, 5.74) is 4.52. The van der Waals surface area contributed by atoms with Gasteiger partial charge in [0.05, 0.1) is 16.5 Å². The van der Waals surface area contributed by atoms with Crippen LogP contribution in [0.2, 0.25) is 0 Å². The molecule has 110 valence electrons. The molecule has 1 aliphatic heterocycles. The first-order chi connectivity index (χ1) is 10.2. The molecule has 3 heteroatoms. The number of anilines is 1. The van der Waals surface area contributed by atoms with E-state index in [2.05, 4.69) is 53.6 Å². The molecule has 1 saturated carbocycles. The average molecular weight is 298 g/mol. The Hall–Kier alpha value is -1.35. The summed E-state index contributed by atoms with van der Waals surface area (Å²) in [5.74, 6) is 0. The van der Waals surface area contributed by atoms with Crippen LogP contribution in [0.25, 0.3) is 0 Å². The van der Waals surface area contributed by atoms with E-state index in [0.29, 0.717) is 6.04 Å². The van der Waals surface area contributed by atoms with Crippen molar-refractivity contribution in [2.75, 3.05) is 4.90 Å². The van der Waals surface area contributed by atoms with Crippen molar-refractivity contribution in [3.8, 4) is 0 Å². The van der Waals surface area contributed by atoms with Crippen LogP contribution >= 0.6 is 11.5 Å². The number of hydrogen-bond donors (Lipinski definition) is 0. The third-order valence-electron chi connectivity index (χ3n) is 5.38. The normalized spacial score (nSPS) is 23.5. The Morgan fingerprint density at radius 3 is 2.71 bits per heavy atom. The van der Waals surface area contributed by atoms with Gasteiger partial charge < -0.3 is 4.90 Å². The van der Waals surface area contributed by atoms with E-state index in [9.17, 15) is 0 Å². The third-order valence-corrected chi connectivity index (χ3v) is 6.35. The number of nitrogens with zero attached hydrogens (tertiary/aromatic N) is 2. The molecule has 0 radical (unpaired) electrons. The second-order valence-corrected chi connectivity index (χ2v) is 7.36. The molecule has 0 amide bonds.